The molecule has 0 spiro atoms. The first-order valence-corrected chi connectivity index (χ1v) is 14.0. The highest BCUT2D eigenvalue weighted by Crippen LogP contribution is 2.33. The summed E-state index contributed by atoms with van der Waals surface area (Å²) in [6.07, 6.45) is 12.7. The van der Waals surface area contributed by atoms with Gasteiger partial charge in [-0.1, -0.05) is 12.2 Å². The predicted molar refractivity (Wildman–Crippen MR) is 173 cm³/mol. The van der Waals surface area contributed by atoms with Crippen molar-refractivity contribution in [3.8, 4) is 0 Å². The number of H-pyrrole nitrogens is 2. The van der Waals surface area contributed by atoms with Crippen molar-refractivity contribution >= 4 is 62.6 Å². The van der Waals surface area contributed by atoms with Gasteiger partial charge in [-0.3, -0.25) is 0 Å². The van der Waals surface area contributed by atoms with E-state index in [9.17, 15) is 0 Å². The quantitative estimate of drug-likeness (QED) is 0.154. The molecule has 0 saturated heterocycles. The molecule has 0 bridgehead atoms. The molecule has 2 aliphatic rings. The maximum Gasteiger partial charge on any atom is 0.174 e. The lowest BCUT2D eigenvalue weighted by Gasteiger charge is -2.21. The third-order valence-corrected chi connectivity index (χ3v) is 8.12. The van der Waals surface area contributed by atoms with Crippen LogP contribution < -0.4 is 5.32 Å². The van der Waals surface area contributed by atoms with E-state index in [1.54, 1.807) is 6.26 Å². The minimum atomic E-state index is 0. The number of likely N-dealkylation sites (N-methyl/N-ethyl adjacent to an activating group) is 2. The highest BCUT2D eigenvalue weighted by atomic mass is 35.5. The number of amidine groups is 1. The molecule has 0 amide bonds. The summed E-state index contributed by atoms with van der Waals surface area (Å²) in [5, 5.41) is 5.97. The van der Waals surface area contributed by atoms with Gasteiger partial charge < -0.3 is 29.5 Å². The Balaban J connectivity index is 0.00000302. The third-order valence-electron chi connectivity index (χ3n) is 8.12. The van der Waals surface area contributed by atoms with Gasteiger partial charge in [0, 0.05) is 77.2 Å². The first-order chi connectivity index (χ1) is 19.6. The first kappa shape index (κ1) is 27.1. The minimum Gasteiger partial charge on any atom is -0.461 e. The maximum atomic E-state index is 5.81. The lowest BCUT2D eigenvalue weighted by atomic mass is 9.99. The Morgan fingerprint density at radius 2 is 1.46 bits per heavy atom. The smallest absolute Gasteiger partial charge is 0.174 e. The molecule has 7 rings (SSSR count). The molecule has 0 unspecified atom stereocenters. The molecule has 2 aliphatic heterocycles. The van der Waals surface area contributed by atoms with Crippen molar-refractivity contribution in [3.63, 3.8) is 0 Å². The van der Waals surface area contributed by atoms with Gasteiger partial charge in [-0.2, -0.15) is 0 Å². The van der Waals surface area contributed by atoms with E-state index in [2.05, 4.69) is 100 Å². The van der Waals surface area contributed by atoms with E-state index in [0.29, 0.717) is 11.6 Å². The Labute approximate surface area is 246 Å². The second-order valence-corrected chi connectivity index (χ2v) is 10.9. The largest absolute Gasteiger partial charge is 0.461 e. The van der Waals surface area contributed by atoms with E-state index in [-0.39, 0.29) is 12.4 Å². The van der Waals surface area contributed by atoms with Gasteiger partial charge in [-0.25, -0.2) is 4.99 Å². The highest BCUT2D eigenvalue weighted by molar-refractivity contribution is 6.09. The molecule has 0 aliphatic carbocycles. The summed E-state index contributed by atoms with van der Waals surface area (Å²) in [7, 11) is 4.33. The molecule has 0 radical (unpaired) electrons. The number of fused-ring (bicyclic) bond motifs is 2. The van der Waals surface area contributed by atoms with Crippen LogP contribution in [-0.4, -0.2) is 65.9 Å². The van der Waals surface area contributed by atoms with E-state index in [1.165, 1.54) is 33.0 Å². The Hall–Kier alpha value is -4.04. The van der Waals surface area contributed by atoms with Gasteiger partial charge in [0.15, 0.2) is 11.6 Å². The second-order valence-electron chi connectivity index (χ2n) is 10.9. The molecule has 2 aromatic carbocycles. The van der Waals surface area contributed by atoms with Crippen LogP contribution in [-0.2, 0) is 0 Å². The number of hydrogen-bond acceptors (Lipinski definition) is 4. The van der Waals surface area contributed by atoms with Crippen molar-refractivity contribution in [2.75, 3.05) is 45.6 Å². The van der Waals surface area contributed by atoms with Crippen LogP contribution in [0.2, 0.25) is 0 Å². The maximum absolute atomic E-state index is 5.81. The van der Waals surface area contributed by atoms with Gasteiger partial charge in [-0.15, -0.1) is 12.4 Å². The van der Waals surface area contributed by atoms with Crippen LogP contribution in [0.3, 0.4) is 0 Å². The number of hydrogen-bond donors (Lipinski definition) is 3. The molecule has 5 aromatic rings. The normalized spacial score (nSPS) is 17.0. The Morgan fingerprint density at radius 3 is 2.05 bits per heavy atom. The van der Waals surface area contributed by atoms with Crippen molar-refractivity contribution < 1.29 is 4.42 Å². The summed E-state index contributed by atoms with van der Waals surface area (Å²) in [5.74, 6) is 1.37. The van der Waals surface area contributed by atoms with Crippen molar-refractivity contribution in [3.05, 3.63) is 96.2 Å². The third kappa shape index (κ3) is 5.48. The first-order valence-electron chi connectivity index (χ1n) is 14.0. The topological polar surface area (TPSA) is 75.6 Å². The number of anilines is 1. The summed E-state index contributed by atoms with van der Waals surface area (Å²) in [6.45, 7) is 4.11. The fraction of sp³-hybridized carbons (Fsp3) is 0.242. The fourth-order valence-electron chi connectivity index (χ4n) is 5.76. The summed E-state index contributed by atoms with van der Waals surface area (Å²) in [5.41, 5.74) is 9.43. The summed E-state index contributed by atoms with van der Waals surface area (Å²) >= 11 is 0. The average molecular weight is 567 g/mol. The number of nitrogens with zero attached hydrogens (tertiary/aromatic N) is 3. The van der Waals surface area contributed by atoms with Crippen LogP contribution in [0.4, 0.5) is 11.4 Å². The molecular weight excluding hydrogens is 532 g/mol. The minimum absolute atomic E-state index is 0. The van der Waals surface area contributed by atoms with Crippen LogP contribution >= 0.6 is 12.4 Å². The SMILES string of the molecule is CN1CC=C(c2c[nH]c3ccc(N=C(Nc4ccc5[nH]cc(C6=CCN(C)CC6)c5c4)c4ccco4)cc23)CC1.Cl. The van der Waals surface area contributed by atoms with Gasteiger partial charge in [0.25, 0.3) is 0 Å². The molecule has 0 fully saturated rings. The molecule has 5 heterocycles. The number of aromatic nitrogens is 2. The van der Waals surface area contributed by atoms with Gasteiger partial charge in [0.2, 0.25) is 0 Å². The molecule has 8 heteroatoms. The summed E-state index contributed by atoms with van der Waals surface area (Å²) < 4.78 is 5.81. The molecule has 210 valence electrons. The molecular formula is C33H35ClN6O. The van der Waals surface area contributed by atoms with E-state index >= 15 is 0 Å². The van der Waals surface area contributed by atoms with Crippen LogP contribution in [0.15, 0.2) is 88.7 Å². The summed E-state index contributed by atoms with van der Waals surface area (Å²) in [6, 6.07) is 16.6. The highest BCUT2D eigenvalue weighted by Gasteiger charge is 2.16. The van der Waals surface area contributed by atoms with Crippen molar-refractivity contribution in [2.45, 2.75) is 12.8 Å². The van der Waals surface area contributed by atoms with E-state index in [4.69, 9.17) is 9.41 Å². The zero-order valence-corrected chi connectivity index (χ0v) is 24.2. The lowest BCUT2D eigenvalue weighted by molar-refractivity contribution is 0.370. The number of aromatic amines is 2. The molecule has 3 aromatic heterocycles. The Morgan fingerprint density at radius 1 is 0.829 bits per heavy atom. The number of nitrogens with one attached hydrogen (secondary N) is 3. The Kier molecular flexibility index (Phi) is 7.58. The van der Waals surface area contributed by atoms with E-state index in [1.807, 2.05) is 12.1 Å². The standard InChI is InChI=1S/C33H34N6O.ClH/c1-38-13-9-22(10-14-38)28-20-34-30-7-5-24(18-26(28)30)36-33(32-4-3-17-40-32)37-25-6-8-31-27(19-25)29(21-35-31)23-11-15-39(2)16-12-23;/h3-9,11,17-21,34-35H,10,12-16H2,1-2H3,(H,36,37);1H. The molecule has 0 atom stereocenters. The van der Waals surface area contributed by atoms with E-state index < -0.39 is 0 Å². The van der Waals surface area contributed by atoms with Crippen molar-refractivity contribution in [1.29, 1.82) is 0 Å². The molecule has 41 heavy (non-hydrogen) atoms. The average Bonchev–Trinajstić information content (AvgIpc) is 3.74. The predicted octanol–water partition coefficient (Wildman–Crippen LogP) is 7.29. The van der Waals surface area contributed by atoms with Crippen LogP contribution in [0.1, 0.15) is 29.7 Å². The van der Waals surface area contributed by atoms with E-state index in [0.717, 1.165) is 61.4 Å². The van der Waals surface area contributed by atoms with Crippen molar-refractivity contribution in [2.24, 2.45) is 4.99 Å². The zero-order valence-electron chi connectivity index (χ0n) is 23.4. The Bertz CT molecular complexity index is 1770. The van der Waals surface area contributed by atoms with Gasteiger partial charge in [0.05, 0.1) is 12.0 Å². The van der Waals surface area contributed by atoms with Gasteiger partial charge >= 0.3 is 0 Å². The number of aliphatic imine (C=N–C) groups is 1. The molecule has 7 nitrogen and oxygen atoms in total. The van der Waals surface area contributed by atoms with Crippen LogP contribution in [0, 0.1) is 0 Å². The zero-order chi connectivity index (χ0) is 27.1. The molecule has 3 N–H and O–H groups in total. The number of halogens is 1. The van der Waals surface area contributed by atoms with Gasteiger partial charge in [0.1, 0.15) is 0 Å². The number of benzene rings is 2. The monoisotopic (exact) mass is 566 g/mol. The molecule has 0 saturated carbocycles. The number of rotatable bonds is 5. The van der Waals surface area contributed by atoms with Crippen molar-refractivity contribution in [1.82, 2.24) is 19.8 Å². The lowest BCUT2D eigenvalue weighted by Crippen LogP contribution is -2.23. The van der Waals surface area contributed by atoms with Gasteiger partial charge in [-0.05, 0) is 86.6 Å². The fourth-order valence-corrected chi connectivity index (χ4v) is 5.76. The van der Waals surface area contributed by atoms with Crippen LogP contribution in [0.25, 0.3) is 33.0 Å². The second kappa shape index (κ2) is 11.4. The van der Waals surface area contributed by atoms with Crippen LogP contribution in [0.5, 0.6) is 0 Å². The number of furan rings is 1. The summed E-state index contributed by atoms with van der Waals surface area (Å²) in [4.78, 5) is 16.6.